The fourth-order valence-corrected chi connectivity index (χ4v) is 8.09. The molecule has 0 unspecified atom stereocenters. The second-order valence-corrected chi connectivity index (χ2v) is 13.4. The molecule has 0 radical (unpaired) electrons. The molecule has 39 heavy (non-hydrogen) atoms. The van der Waals surface area contributed by atoms with Crippen molar-refractivity contribution < 1.29 is 8.98 Å². The van der Waals surface area contributed by atoms with Gasteiger partial charge in [-0.1, -0.05) is 103 Å². The topological polar surface area (TPSA) is 26.3 Å². The molecule has 2 nitrogen and oxygen atoms in total. The van der Waals surface area contributed by atoms with E-state index < -0.39 is 10.3 Å². The molecule has 3 aromatic carbocycles. The average Bonchev–Trinajstić information content (AvgIpc) is 2.97. The summed E-state index contributed by atoms with van der Waals surface area (Å²) < 4.78 is 6.61. The van der Waals surface area contributed by atoms with Crippen molar-refractivity contribution in [2.24, 2.45) is 0 Å². The second-order valence-electron chi connectivity index (χ2n) is 10.7. The number of hydrogen-bond acceptors (Lipinski definition) is 2. The van der Waals surface area contributed by atoms with Gasteiger partial charge in [-0.2, -0.15) is 0 Å². The van der Waals surface area contributed by atoms with E-state index in [1.165, 1.54) is 74.5 Å². The van der Waals surface area contributed by atoms with Crippen LogP contribution in [0.15, 0.2) is 87.5 Å². The minimum Gasteiger partial charge on any atom is -0.402 e. The maximum absolute atomic E-state index is 13.1. The van der Waals surface area contributed by atoms with Gasteiger partial charge >= 0.3 is 5.97 Å². The number of carbonyl (C=O) groups excluding carboxylic acids is 1. The van der Waals surface area contributed by atoms with Crippen molar-refractivity contribution in [2.45, 2.75) is 126 Å². The van der Waals surface area contributed by atoms with Crippen molar-refractivity contribution in [3.8, 4) is 0 Å². The molecule has 0 amide bonds. The van der Waals surface area contributed by atoms with Gasteiger partial charge in [0.25, 0.3) is 0 Å². The van der Waals surface area contributed by atoms with Crippen LogP contribution in [0.2, 0.25) is 0 Å². The number of unbranched alkanes of at least 4 members (excludes halogenated alkanes) is 6. The molecular weight excluding hydrogens is 496 g/mol. The molecule has 0 saturated heterocycles. The summed E-state index contributed by atoms with van der Waals surface area (Å²) >= 11 is 0. The average molecular weight is 547 g/mol. The zero-order chi connectivity index (χ0) is 27.9. The Morgan fingerprint density at radius 1 is 0.513 bits per heavy atom. The van der Waals surface area contributed by atoms with Crippen LogP contribution in [0.1, 0.15) is 109 Å². The monoisotopic (exact) mass is 546 g/mol. The first-order chi connectivity index (χ1) is 19.1. The van der Waals surface area contributed by atoms with Crippen molar-refractivity contribution in [1.82, 2.24) is 0 Å². The minimum absolute atomic E-state index is 0.156. The highest BCUT2D eigenvalue weighted by Crippen LogP contribution is 2.69. The standard InChI is InChI=1S/C36H50O2S/c1-5-9-12-15-30-18-24-33(25-19-30)39(38-36(37)8-4,34-26-20-31(21-27-34)16-13-10-6-2)35-28-22-32(23-29-35)17-14-11-7-3/h18-29H,5-17H2,1-4H3. The van der Waals surface area contributed by atoms with E-state index in [2.05, 4.69) is 93.6 Å². The quantitative estimate of drug-likeness (QED) is 0.157. The Labute approximate surface area is 240 Å². The van der Waals surface area contributed by atoms with Crippen LogP contribution in [0, 0.1) is 0 Å². The molecule has 0 spiro atoms. The van der Waals surface area contributed by atoms with E-state index in [-0.39, 0.29) is 5.97 Å². The molecule has 0 N–H and O–H groups in total. The SMILES string of the molecule is CCCCCc1ccc(S(OC(=O)CC)(c2ccc(CCCCC)cc2)c2ccc(CCCCC)cc2)cc1. The highest BCUT2D eigenvalue weighted by Gasteiger charge is 2.35. The fourth-order valence-electron chi connectivity index (χ4n) is 5.03. The van der Waals surface area contributed by atoms with Crippen LogP contribution in [0.5, 0.6) is 0 Å². The molecule has 0 aliphatic carbocycles. The van der Waals surface area contributed by atoms with Gasteiger partial charge in [-0.25, -0.2) is 0 Å². The highest BCUT2D eigenvalue weighted by atomic mass is 32.3. The van der Waals surface area contributed by atoms with E-state index >= 15 is 0 Å². The van der Waals surface area contributed by atoms with Crippen LogP contribution in [0.25, 0.3) is 0 Å². The van der Waals surface area contributed by atoms with E-state index in [1.807, 2.05) is 6.92 Å². The summed E-state index contributed by atoms with van der Waals surface area (Å²) in [4.78, 5) is 16.3. The van der Waals surface area contributed by atoms with Gasteiger partial charge in [-0.3, -0.25) is 4.79 Å². The van der Waals surface area contributed by atoms with Crippen LogP contribution in [-0.2, 0) is 28.2 Å². The lowest BCUT2D eigenvalue weighted by Gasteiger charge is -2.40. The second kappa shape index (κ2) is 16.6. The van der Waals surface area contributed by atoms with E-state index in [9.17, 15) is 4.79 Å². The first kappa shape index (κ1) is 31.0. The Morgan fingerprint density at radius 3 is 1.08 bits per heavy atom. The van der Waals surface area contributed by atoms with Crippen LogP contribution in [-0.4, -0.2) is 5.97 Å². The van der Waals surface area contributed by atoms with Crippen LogP contribution >= 0.6 is 10.3 Å². The molecule has 0 fully saturated rings. The van der Waals surface area contributed by atoms with Gasteiger partial charge in [-0.15, -0.1) is 0 Å². The summed E-state index contributed by atoms with van der Waals surface area (Å²) in [5.74, 6) is -0.156. The summed E-state index contributed by atoms with van der Waals surface area (Å²) in [6.45, 7) is 8.62. The fraction of sp³-hybridized carbons (Fsp3) is 0.472. The zero-order valence-corrected chi connectivity index (χ0v) is 25.7. The number of benzene rings is 3. The molecule has 3 rings (SSSR count). The lowest BCUT2D eigenvalue weighted by Crippen LogP contribution is -2.13. The van der Waals surface area contributed by atoms with Gasteiger partial charge in [-0.05, 0) is 102 Å². The Morgan fingerprint density at radius 2 is 0.821 bits per heavy atom. The molecule has 0 bridgehead atoms. The maximum Gasteiger partial charge on any atom is 0.316 e. The Kier molecular flexibility index (Phi) is 13.2. The van der Waals surface area contributed by atoms with Crippen LogP contribution in [0.4, 0.5) is 0 Å². The third-order valence-corrected chi connectivity index (χ3v) is 10.7. The third kappa shape index (κ3) is 8.73. The molecule has 0 atom stereocenters. The van der Waals surface area contributed by atoms with Crippen LogP contribution < -0.4 is 0 Å². The van der Waals surface area contributed by atoms with Crippen molar-refractivity contribution in [3.63, 3.8) is 0 Å². The molecule has 0 aromatic heterocycles. The first-order valence-corrected chi connectivity index (χ1v) is 17.0. The Hall–Kier alpha value is -2.52. The molecule has 0 aliphatic rings. The maximum atomic E-state index is 13.1. The lowest BCUT2D eigenvalue weighted by molar-refractivity contribution is -0.133. The van der Waals surface area contributed by atoms with Gasteiger partial charge in [0.15, 0.2) is 0 Å². The van der Waals surface area contributed by atoms with Crippen molar-refractivity contribution in [2.75, 3.05) is 0 Å². The van der Waals surface area contributed by atoms with E-state index in [0.29, 0.717) is 6.42 Å². The van der Waals surface area contributed by atoms with Crippen LogP contribution in [0.3, 0.4) is 0 Å². The van der Waals surface area contributed by atoms with E-state index in [4.69, 9.17) is 4.18 Å². The first-order valence-electron chi connectivity index (χ1n) is 15.4. The molecule has 212 valence electrons. The molecular formula is C36H50O2S. The summed E-state index contributed by atoms with van der Waals surface area (Å²) in [7, 11) is -2.22. The summed E-state index contributed by atoms with van der Waals surface area (Å²) in [5, 5.41) is 0. The molecule has 0 heterocycles. The van der Waals surface area contributed by atoms with Crippen molar-refractivity contribution in [1.29, 1.82) is 0 Å². The van der Waals surface area contributed by atoms with Gasteiger partial charge in [0.05, 0.1) is 0 Å². The zero-order valence-electron chi connectivity index (χ0n) is 24.8. The molecule has 3 aromatic rings. The predicted molar refractivity (Wildman–Crippen MR) is 168 cm³/mol. The largest absolute Gasteiger partial charge is 0.402 e. The van der Waals surface area contributed by atoms with Gasteiger partial charge in [0.2, 0.25) is 0 Å². The molecule has 0 saturated carbocycles. The van der Waals surface area contributed by atoms with Gasteiger partial charge < -0.3 is 4.18 Å². The van der Waals surface area contributed by atoms with Crippen molar-refractivity contribution in [3.05, 3.63) is 89.5 Å². The number of rotatable bonds is 17. The smallest absolute Gasteiger partial charge is 0.316 e. The normalized spacial score (nSPS) is 11.9. The van der Waals surface area contributed by atoms with Crippen molar-refractivity contribution >= 4 is 16.3 Å². The highest BCUT2D eigenvalue weighted by molar-refractivity contribution is 8.30. The Balaban J connectivity index is 2.08. The summed E-state index contributed by atoms with van der Waals surface area (Å²) in [6, 6.07) is 26.7. The molecule has 3 heteroatoms. The van der Waals surface area contributed by atoms with Gasteiger partial charge in [0, 0.05) is 21.1 Å². The van der Waals surface area contributed by atoms with E-state index in [1.54, 1.807) is 0 Å². The number of aryl methyl sites for hydroxylation is 3. The predicted octanol–water partition coefficient (Wildman–Crippen LogP) is 11.0. The summed E-state index contributed by atoms with van der Waals surface area (Å²) in [6.07, 6.45) is 14.7. The Bertz CT molecular complexity index is 970. The molecule has 0 aliphatic heterocycles. The number of hydrogen-bond donors (Lipinski definition) is 0. The number of carbonyl (C=O) groups is 1. The van der Waals surface area contributed by atoms with Gasteiger partial charge in [0.1, 0.15) is 0 Å². The third-order valence-electron chi connectivity index (χ3n) is 7.48. The minimum atomic E-state index is -2.22. The van der Waals surface area contributed by atoms with E-state index in [0.717, 1.165) is 33.9 Å². The summed E-state index contributed by atoms with van der Waals surface area (Å²) in [5.41, 5.74) is 4.04. The lowest BCUT2D eigenvalue weighted by atomic mass is 10.1.